The molecule has 0 bridgehead atoms. The minimum atomic E-state index is -0.283. The highest BCUT2D eigenvalue weighted by Crippen LogP contribution is 2.23. The van der Waals surface area contributed by atoms with Gasteiger partial charge >= 0.3 is 0 Å². The van der Waals surface area contributed by atoms with Crippen molar-refractivity contribution in [1.82, 2.24) is 29.6 Å². The van der Waals surface area contributed by atoms with E-state index in [0.717, 1.165) is 11.4 Å². The Labute approximate surface area is 140 Å². The van der Waals surface area contributed by atoms with Gasteiger partial charge in [-0.1, -0.05) is 11.8 Å². The van der Waals surface area contributed by atoms with Crippen molar-refractivity contribution in [3.63, 3.8) is 0 Å². The van der Waals surface area contributed by atoms with E-state index in [2.05, 4.69) is 15.3 Å². The van der Waals surface area contributed by atoms with E-state index in [-0.39, 0.29) is 11.2 Å². The van der Waals surface area contributed by atoms with E-state index in [4.69, 9.17) is 5.84 Å². The quantitative estimate of drug-likeness (QED) is 0.627. The lowest BCUT2D eigenvalue weighted by Crippen LogP contribution is -2.36. The number of hydrogen-bond acceptors (Lipinski definition) is 6. The van der Waals surface area contributed by atoms with Gasteiger partial charge in [-0.3, -0.25) is 4.79 Å². The van der Waals surface area contributed by atoms with Gasteiger partial charge in [-0.15, -0.1) is 10.2 Å². The van der Waals surface area contributed by atoms with Crippen LogP contribution in [0.3, 0.4) is 0 Å². The Morgan fingerprint density at radius 1 is 1.35 bits per heavy atom. The van der Waals surface area contributed by atoms with Crippen LogP contribution in [-0.4, -0.2) is 53.8 Å². The molecule has 0 aliphatic heterocycles. The molecule has 1 amide bonds. The van der Waals surface area contributed by atoms with Crippen LogP contribution < -0.4 is 5.84 Å². The lowest BCUT2D eigenvalue weighted by Gasteiger charge is -2.22. The molecule has 126 valence electrons. The summed E-state index contributed by atoms with van der Waals surface area (Å²) in [7, 11) is 0. The molecule has 1 unspecified atom stereocenters. The van der Waals surface area contributed by atoms with Crippen LogP contribution in [0, 0.1) is 13.8 Å². The highest BCUT2D eigenvalue weighted by molar-refractivity contribution is 8.00. The molecular weight excluding hydrogens is 314 g/mol. The van der Waals surface area contributed by atoms with E-state index in [9.17, 15) is 4.79 Å². The van der Waals surface area contributed by atoms with Crippen molar-refractivity contribution in [1.29, 1.82) is 0 Å². The van der Waals surface area contributed by atoms with E-state index in [0.29, 0.717) is 24.2 Å². The molecule has 0 aliphatic rings. The molecule has 8 nitrogen and oxygen atoms in total. The zero-order valence-corrected chi connectivity index (χ0v) is 15.0. The van der Waals surface area contributed by atoms with E-state index in [1.807, 2.05) is 40.7 Å². The Balaban J connectivity index is 2.20. The molecule has 2 N–H and O–H groups in total. The zero-order valence-electron chi connectivity index (χ0n) is 14.1. The van der Waals surface area contributed by atoms with Crippen molar-refractivity contribution >= 4 is 17.7 Å². The zero-order chi connectivity index (χ0) is 17.1. The van der Waals surface area contributed by atoms with E-state index in [1.54, 1.807) is 9.58 Å². The van der Waals surface area contributed by atoms with Crippen molar-refractivity contribution in [2.45, 2.75) is 45.0 Å². The van der Waals surface area contributed by atoms with Gasteiger partial charge in [-0.2, -0.15) is 5.10 Å². The molecule has 2 aromatic rings. The molecule has 0 saturated carbocycles. The molecule has 2 rings (SSSR count). The fraction of sp³-hybridized carbons (Fsp3) is 0.571. The number of aromatic nitrogens is 5. The fourth-order valence-corrected chi connectivity index (χ4v) is 3.18. The van der Waals surface area contributed by atoms with Crippen LogP contribution in [0.5, 0.6) is 0 Å². The van der Waals surface area contributed by atoms with Crippen LogP contribution in [0.25, 0.3) is 5.95 Å². The van der Waals surface area contributed by atoms with Gasteiger partial charge in [0.2, 0.25) is 11.1 Å². The summed E-state index contributed by atoms with van der Waals surface area (Å²) in [6.45, 7) is 11.0. The molecule has 0 saturated heterocycles. The van der Waals surface area contributed by atoms with Crippen molar-refractivity contribution in [2.24, 2.45) is 0 Å². The average molecular weight is 337 g/mol. The highest BCUT2D eigenvalue weighted by atomic mass is 32.2. The van der Waals surface area contributed by atoms with E-state index < -0.39 is 0 Å². The number of carbonyl (C=O) groups excluding carboxylic acids is 1. The topological polar surface area (TPSA) is 94.9 Å². The number of carbonyl (C=O) groups is 1. The maximum Gasteiger partial charge on any atom is 0.271 e. The lowest BCUT2D eigenvalue weighted by molar-refractivity contribution is -0.129. The summed E-state index contributed by atoms with van der Waals surface area (Å²) in [5, 5.41) is 12.8. The molecule has 2 aromatic heterocycles. The first kappa shape index (κ1) is 17.3. The molecule has 0 aromatic carbocycles. The van der Waals surface area contributed by atoms with Gasteiger partial charge in [0.15, 0.2) is 0 Å². The summed E-state index contributed by atoms with van der Waals surface area (Å²) >= 11 is 1.30. The molecule has 9 heteroatoms. The van der Waals surface area contributed by atoms with Gasteiger partial charge in [-0.05, 0) is 40.7 Å². The number of rotatable bonds is 6. The number of aryl methyl sites for hydroxylation is 2. The standard InChI is InChI=1S/C14H23N7OS/c1-6-19(7-2)12(22)11(5)23-14-17-16-13(20(14)15)21-10(4)8-9(3)18-21/h8,11H,6-7,15H2,1-5H3. The Kier molecular flexibility index (Phi) is 5.30. The molecule has 0 fully saturated rings. The number of thioether (sulfide) groups is 1. The number of nitrogens with zero attached hydrogens (tertiary/aromatic N) is 6. The van der Waals surface area contributed by atoms with Crippen LogP contribution in [0.2, 0.25) is 0 Å². The Morgan fingerprint density at radius 3 is 2.52 bits per heavy atom. The summed E-state index contributed by atoms with van der Waals surface area (Å²) in [4.78, 5) is 14.1. The van der Waals surface area contributed by atoms with Crippen LogP contribution in [-0.2, 0) is 4.79 Å². The number of hydrogen-bond donors (Lipinski definition) is 1. The third kappa shape index (κ3) is 3.49. The second kappa shape index (κ2) is 7.03. The molecule has 0 aliphatic carbocycles. The minimum absolute atomic E-state index is 0.0654. The van der Waals surface area contributed by atoms with Crippen molar-refractivity contribution in [3.05, 3.63) is 17.5 Å². The van der Waals surface area contributed by atoms with Gasteiger partial charge in [0, 0.05) is 18.8 Å². The third-order valence-electron chi connectivity index (χ3n) is 3.55. The summed E-state index contributed by atoms with van der Waals surface area (Å²) in [5.41, 5.74) is 1.80. The summed E-state index contributed by atoms with van der Waals surface area (Å²) < 4.78 is 3.01. The van der Waals surface area contributed by atoms with Gasteiger partial charge in [0.25, 0.3) is 5.95 Å². The predicted molar refractivity (Wildman–Crippen MR) is 90.0 cm³/mol. The van der Waals surface area contributed by atoms with Gasteiger partial charge < -0.3 is 10.7 Å². The minimum Gasteiger partial charge on any atom is -0.342 e. The first-order chi connectivity index (χ1) is 10.9. The maximum absolute atomic E-state index is 12.3. The first-order valence-electron chi connectivity index (χ1n) is 7.58. The maximum atomic E-state index is 12.3. The lowest BCUT2D eigenvalue weighted by atomic mass is 10.4. The van der Waals surface area contributed by atoms with Crippen molar-refractivity contribution in [2.75, 3.05) is 18.9 Å². The normalized spacial score (nSPS) is 12.4. The van der Waals surface area contributed by atoms with Crippen LogP contribution in [0.15, 0.2) is 11.2 Å². The van der Waals surface area contributed by atoms with Crippen LogP contribution in [0.1, 0.15) is 32.2 Å². The first-order valence-corrected chi connectivity index (χ1v) is 8.46. The van der Waals surface area contributed by atoms with Crippen LogP contribution >= 0.6 is 11.8 Å². The third-order valence-corrected chi connectivity index (χ3v) is 4.60. The summed E-state index contributed by atoms with van der Waals surface area (Å²) in [5.74, 6) is 6.58. The Bertz CT molecular complexity index is 689. The molecular formula is C14H23N7OS. The molecule has 1 atom stereocenters. The molecule has 0 spiro atoms. The second-order valence-electron chi connectivity index (χ2n) is 5.26. The average Bonchev–Trinajstić information content (AvgIpc) is 3.03. The van der Waals surface area contributed by atoms with Crippen LogP contribution in [0.4, 0.5) is 0 Å². The smallest absolute Gasteiger partial charge is 0.271 e. The fourth-order valence-electron chi connectivity index (χ4n) is 2.33. The van der Waals surface area contributed by atoms with Gasteiger partial charge in [0.1, 0.15) is 0 Å². The van der Waals surface area contributed by atoms with E-state index >= 15 is 0 Å². The van der Waals surface area contributed by atoms with Crippen molar-refractivity contribution < 1.29 is 4.79 Å². The number of nitrogens with two attached hydrogens (primary N) is 1. The number of amides is 1. The highest BCUT2D eigenvalue weighted by Gasteiger charge is 2.23. The van der Waals surface area contributed by atoms with Gasteiger partial charge in [0.05, 0.1) is 10.9 Å². The molecule has 23 heavy (non-hydrogen) atoms. The SMILES string of the molecule is CCN(CC)C(=O)C(C)Sc1nnc(-n2nc(C)cc2C)n1N. The summed E-state index contributed by atoms with van der Waals surface area (Å²) in [6, 6.07) is 1.94. The number of nitrogen functional groups attached to an aromatic ring is 1. The molecule has 0 radical (unpaired) electrons. The van der Waals surface area contributed by atoms with Crippen molar-refractivity contribution in [3.8, 4) is 5.95 Å². The Hall–Kier alpha value is -2.03. The summed E-state index contributed by atoms with van der Waals surface area (Å²) in [6.07, 6.45) is 0. The van der Waals surface area contributed by atoms with E-state index in [1.165, 1.54) is 16.4 Å². The predicted octanol–water partition coefficient (Wildman–Crippen LogP) is 1.14. The largest absolute Gasteiger partial charge is 0.342 e. The molecule has 2 heterocycles. The Morgan fingerprint density at radius 2 is 2.00 bits per heavy atom. The second-order valence-corrected chi connectivity index (χ2v) is 6.57. The van der Waals surface area contributed by atoms with Gasteiger partial charge in [-0.25, -0.2) is 9.36 Å². The monoisotopic (exact) mass is 337 g/mol.